The second kappa shape index (κ2) is 20.7. The molecule has 0 saturated carbocycles. The molecule has 3 heterocycles. The van der Waals surface area contributed by atoms with Gasteiger partial charge in [0.25, 0.3) is 0 Å². The Hall–Kier alpha value is -2.60. The van der Waals surface area contributed by atoms with Gasteiger partial charge >= 0.3 is 5.97 Å². The van der Waals surface area contributed by atoms with Crippen LogP contribution in [0.2, 0.25) is 0 Å². The Kier molecular flexibility index (Phi) is 17.6. The fourth-order valence-corrected chi connectivity index (χ4v) is 7.82. The number of ketones is 1. The van der Waals surface area contributed by atoms with Gasteiger partial charge in [0, 0.05) is 36.9 Å². The molecule has 1 aromatic heterocycles. The molecule has 6 N–H and O–H groups in total. The van der Waals surface area contributed by atoms with E-state index in [4.69, 9.17) is 18.9 Å². The molecular formula is C40H68N4O11. The van der Waals surface area contributed by atoms with Gasteiger partial charge in [-0.05, 0) is 99.0 Å². The third-order valence-electron chi connectivity index (χ3n) is 11.2. The average molecular weight is 781 g/mol. The molecule has 1 aromatic rings. The van der Waals surface area contributed by atoms with Crippen LogP contribution in [0, 0.1) is 17.8 Å². The summed E-state index contributed by atoms with van der Waals surface area (Å²) in [4.78, 5) is 47.5. The number of aliphatic hydroxyl groups excluding tert-OH is 3. The number of pyridine rings is 1. The second-order valence-corrected chi connectivity index (χ2v) is 16.4. The maximum atomic E-state index is 14.3. The van der Waals surface area contributed by atoms with Crippen LogP contribution in [0.3, 0.4) is 0 Å². The molecular weight excluding hydrogens is 712 g/mol. The van der Waals surface area contributed by atoms with E-state index in [1.807, 2.05) is 44.2 Å². The SMILES string of the molecule is CC[C@H]1OC(=O)[C@H](C)C(=O)[C@H](C)[C@@H](O[C@@H]2O[C@H](C)C[C@H](N(C)C)[C@H]2O)[C@](C)(OC[C@@H](O)CNCCCc2cccnc2)C[C@@H](C)NC(=O)[C@H](C)[C@@H](O)[C@]1(C)O. The normalized spacial score (nSPS) is 37.8. The standard InChI is InChI=1S/C40H68N4O11/c1-11-31-40(8,51)34(48)27(6)36(49)43-23(2)19-39(7,52-22-29(45)21-42-17-13-15-28-14-12-16-41-20-28)35(25(4)32(46)26(5)37(50)54-31)55-38-33(47)30(44(9)10)18-24(3)53-38/h12,14,16,20,23-27,29-31,33-35,38,42,45,47-48,51H,11,13,15,17-19,21-22H2,1-10H3,(H,43,49)/t23-,24-,25+,26-,27-,29+,30+,31-,33-,34-,35-,38+,39-,40-/m1/s1. The van der Waals surface area contributed by atoms with Gasteiger partial charge in [0.05, 0.1) is 42.5 Å². The Morgan fingerprint density at radius 2 is 1.80 bits per heavy atom. The summed E-state index contributed by atoms with van der Waals surface area (Å²) in [6, 6.07) is 2.91. The van der Waals surface area contributed by atoms with Crippen molar-refractivity contribution in [1.82, 2.24) is 20.5 Å². The van der Waals surface area contributed by atoms with Crippen molar-refractivity contribution < 1.29 is 53.8 Å². The number of amides is 1. The number of likely N-dealkylation sites (N-methyl/N-ethyl adjacent to an activating group) is 1. The molecule has 0 unspecified atom stereocenters. The van der Waals surface area contributed by atoms with Gasteiger partial charge in [-0.25, -0.2) is 0 Å². The Morgan fingerprint density at radius 3 is 2.42 bits per heavy atom. The first-order valence-corrected chi connectivity index (χ1v) is 19.7. The van der Waals surface area contributed by atoms with Crippen molar-refractivity contribution in [2.75, 3.05) is 33.8 Å². The van der Waals surface area contributed by atoms with Crippen LogP contribution in [0.25, 0.3) is 0 Å². The van der Waals surface area contributed by atoms with Crippen LogP contribution in [0.15, 0.2) is 24.5 Å². The Balaban J connectivity index is 1.99. The fourth-order valence-electron chi connectivity index (χ4n) is 7.82. The number of nitrogens with one attached hydrogen (secondary N) is 2. The summed E-state index contributed by atoms with van der Waals surface area (Å²) in [5, 5.41) is 51.4. The number of rotatable bonds is 13. The van der Waals surface area contributed by atoms with E-state index in [1.54, 1.807) is 33.9 Å². The number of carbonyl (C=O) groups excluding carboxylic acids is 3. The van der Waals surface area contributed by atoms with Crippen molar-refractivity contribution in [2.45, 2.75) is 154 Å². The molecule has 14 atom stereocenters. The minimum absolute atomic E-state index is 0.0391. The zero-order valence-electron chi connectivity index (χ0n) is 34.4. The van der Waals surface area contributed by atoms with Gasteiger partial charge in [0.15, 0.2) is 12.1 Å². The predicted molar refractivity (Wildman–Crippen MR) is 205 cm³/mol. The van der Waals surface area contributed by atoms with E-state index in [-0.39, 0.29) is 38.1 Å². The van der Waals surface area contributed by atoms with Crippen molar-refractivity contribution in [1.29, 1.82) is 0 Å². The molecule has 0 spiro atoms. The third-order valence-corrected chi connectivity index (χ3v) is 11.2. The monoisotopic (exact) mass is 780 g/mol. The van der Waals surface area contributed by atoms with Crippen LogP contribution in [0.1, 0.15) is 86.6 Å². The van der Waals surface area contributed by atoms with Crippen molar-refractivity contribution in [2.24, 2.45) is 17.8 Å². The first-order valence-electron chi connectivity index (χ1n) is 19.7. The van der Waals surface area contributed by atoms with Crippen LogP contribution in [-0.2, 0) is 39.8 Å². The number of aromatic nitrogens is 1. The van der Waals surface area contributed by atoms with Crippen LogP contribution < -0.4 is 10.6 Å². The van der Waals surface area contributed by atoms with E-state index in [2.05, 4.69) is 15.6 Å². The van der Waals surface area contributed by atoms with E-state index in [0.29, 0.717) is 13.0 Å². The number of ether oxygens (including phenoxy) is 4. The lowest BCUT2D eigenvalue weighted by Gasteiger charge is -2.47. The maximum Gasteiger partial charge on any atom is 0.316 e. The fraction of sp³-hybridized carbons (Fsp3) is 0.800. The highest BCUT2D eigenvalue weighted by Crippen LogP contribution is 2.36. The summed E-state index contributed by atoms with van der Waals surface area (Å²) in [5.74, 6) is -5.58. The number of esters is 1. The highest BCUT2D eigenvalue weighted by molar-refractivity contribution is 6.00. The van der Waals surface area contributed by atoms with Crippen molar-refractivity contribution in [3.8, 4) is 0 Å². The first kappa shape index (κ1) is 46.8. The number of hydrogen-bond acceptors (Lipinski definition) is 14. The minimum Gasteiger partial charge on any atom is -0.459 e. The number of Topliss-reactive ketones (excluding diaryl/α,β-unsaturated/α-hetero) is 1. The number of hydrogen-bond donors (Lipinski definition) is 6. The summed E-state index contributed by atoms with van der Waals surface area (Å²) in [5.41, 5.74) is -2.36. The molecule has 0 aliphatic carbocycles. The lowest BCUT2D eigenvalue weighted by Crippen LogP contribution is -2.60. The molecule has 55 heavy (non-hydrogen) atoms. The minimum atomic E-state index is -2.03. The molecule has 0 radical (unpaired) electrons. The summed E-state index contributed by atoms with van der Waals surface area (Å²) >= 11 is 0. The zero-order valence-corrected chi connectivity index (χ0v) is 34.4. The second-order valence-electron chi connectivity index (χ2n) is 16.4. The molecule has 0 aromatic carbocycles. The third kappa shape index (κ3) is 12.4. The Bertz CT molecular complexity index is 1370. The number of cyclic esters (lactones) is 1. The van der Waals surface area contributed by atoms with Crippen molar-refractivity contribution in [3.05, 3.63) is 30.1 Å². The maximum absolute atomic E-state index is 14.3. The van der Waals surface area contributed by atoms with E-state index < -0.39 is 89.5 Å². The molecule has 2 fully saturated rings. The van der Waals surface area contributed by atoms with Gasteiger partial charge in [0.1, 0.15) is 23.7 Å². The average Bonchev–Trinajstić information content (AvgIpc) is 3.14. The largest absolute Gasteiger partial charge is 0.459 e. The molecule has 1 amide bonds. The van der Waals surface area contributed by atoms with Gasteiger partial charge in [-0.1, -0.05) is 26.8 Å². The zero-order chi connectivity index (χ0) is 41.2. The van der Waals surface area contributed by atoms with E-state index in [9.17, 15) is 34.8 Å². The van der Waals surface area contributed by atoms with Gasteiger partial charge in [0.2, 0.25) is 5.91 Å². The molecule has 314 valence electrons. The van der Waals surface area contributed by atoms with Crippen molar-refractivity contribution in [3.63, 3.8) is 0 Å². The van der Waals surface area contributed by atoms with Crippen LogP contribution >= 0.6 is 0 Å². The molecule has 2 aliphatic rings. The smallest absolute Gasteiger partial charge is 0.316 e. The van der Waals surface area contributed by atoms with Crippen LogP contribution in [0.4, 0.5) is 0 Å². The molecule has 15 heteroatoms. The number of carbonyl (C=O) groups is 3. The van der Waals surface area contributed by atoms with E-state index in [1.165, 1.54) is 20.8 Å². The number of nitrogens with zero attached hydrogens (tertiary/aromatic N) is 2. The molecule has 2 saturated heterocycles. The quantitative estimate of drug-likeness (QED) is 0.0950. The van der Waals surface area contributed by atoms with Gasteiger partial charge in [-0.3, -0.25) is 19.4 Å². The highest BCUT2D eigenvalue weighted by Gasteiger charge is 2.51. The molecule has 15 nitrogen and oxygen atoms in total. The lowest BCUT2D eigenvalue weighted by molar-refractivity contribution is -0.298. The van der Waals surface area contributed by atoms with Crippen LogP contribution in [0.5, 0.6) is 0 Å². The highest BCUT2D eigenvalue weighted by atomic mass is 16.7. The van der Waals surface area contributed by atoms with E-state index in [0.717, 1.165) is 18.4 Å². The molecule has 0 bridgehead atoms. The Morgan fingerprint density at radius 1 is 1.11 bits per heavy atom. The summed E-state index contributed by atoms with van der Waals surface area (Å²) in [7, 11) is 3.69. The van der Waals surface area contributed by atoms with Crippen molar-refractivity contribution >= 4 is 17.7 Å². The van der Waals surface area contributed by atoms with Gasteiger partial charge in [-0.15, -0.1) is 0 Å². The van der Waals surface area contributed by atoms with Gasteiger partial charge in [-0.2, -0.15) is 0 Å². The Labute approximate surface area is 326 Å². The molecule has 2 aliphatic heterocycles. The first-order chi connectivity index (χ1) is 25.7. The summed E-state index contributed by atoms with van der Waals surface area (Å²) < 4.78 is 25.0. The van der Waals surface area contributed by atoms with Crippen LogP contribution in [-0.4, -0.2) is 148 Å². The van der Waals surface area contributed by atoms with E-state index >= 15 is 0 Å². The summed E-state index contributed by atoms with van der Waals surface area (Å²) in [6.07, 6.45) is -1.80. The topological polar surface area (TPSA) is 209 Å². The number of aliphatic hydroxyl groups is 4. The predicted octanol–water partition coefficient (Wildman–Crippen LogP) is 1.37. The van der Waals surface area contributed by atoms with Gasteiger partial charge < -0.3 is 54.9 Å². The number of aryl methyl sites for hydroxylation is 1. The lowest BCUT2D eigenvalue weighted by atomic mass is 9.79. The summed E-state index contributed by atoms with van der Waals surface area (Å²) in [6.45, 7) is 13.4. The molecule has 3 rings (SSSR count).